The van der Waals surface area contributed by atoms with E-state index in [1.54, 1.807) is 9.80 Å². The van der Waals surface area contributed by atoms with Crippen LogP contribution in [0.25, 0.3) is 10.2 Å². The van der Waals surface area contributed by atoms with Gasteiger partial charge in [0.2, 0.25) is 0 Å². The Hall–Kier alpha value is -2.82. The number of carbonyl (C=O) groups excluding carboxylic acids is 1. The zero-order valence-electron chi connectivity index (χ0n) is 16.3. The molecule has 10 heteroatoms. The Balaban J connectivity index is 1.42. The summed E-state index contributed by atoms with van der Waals surface area (Å²) in [6.07, 6.45) is 0.193. The molecule has 1 aromatic carbocycles. The molecule has 3 N–H and O–H groups in total. The smallest absolute Gasteiger partial charge is 0.324 e. The van der Waals surface area contributed by atoms with Crippen molar-refractivity contribution in [2.45, 2.75) is 19.1 Å². The number of nitrogens with zero attached hydrogens (tertiary/aromatic N) is 4. The molecule has 0 spiro atoms. The van der Waals surface area contributed by atoms with Crippen LogP contribution >= 0.6 is 11.3 Å². The molecule has 158 valence electrons. The third-order valence-corrected chi connectivity index (χ3v) is 6.05. The molecule has 2 aromatic heterocycles. The first-order valence-corrected chi connectivity index (χ1v) is 10.4. The molecule has 2 amide bonds. The molecule has 0 aliphatic carbocycles. The van der Waals surface area contributed by atoms with Crippen LogP contribution in [-0.4, -0.2) is 63.4 Å². The maximum Gasteiger partial charge on any atom is 0.324 e. The zero-order valence-corrected chi connectivity index (χ0v) is 17.1. The van der Waals surface area contributed by atoms with Crippen LogP contribution in [0.3, 0.4) is 0 Å². The van der Waals surface area contributed by atoms with E-state index in [0.717, 1.165) is 10.2 Å². The summed E-state index contributed by atoms with van der Waals surface area (Å²) in [5.41, 5.74) is 1.06. The average molecular weight is 431 g/mol. The minimum Gasteiger partial charge on any atom is -0.393 e. The van der Waals surface area contributed by atoms with E-state index in [0.29, 0.717) is 24.8 Å². The number of fused-ring (bicyclic) bond motifs is 1. The van der Waals surface area contributed by atoms with Gasteiger partial charge in [-0.25, -0.2) is 19.2 Å². The molecule has 1 fully saturated rings. The van der Waals surface area contributed by atoms with Crippen LogP contribution < -0.4 is 10.2 Å². The fraction of sp³-hybridized carbons (Fsp3) is 0.350. The summed E-state index contributed by atoms with van der Waals surface area (Å²) in [7, 11) is 0. The van der Waals surface area contributed by atoms with E-state index in [1.807, 2.05) is 31.2 Å². The van der Waals surface area contributed by atoms with Crippen LogP contribution in [0, 0.1) is 5.82 Å². The van der Waals surface area contributed by atoms with Crippen molar-refractivity contribution in [2.75, 3.05) is 36.5 Å². The standard InChI is InChI=1S/C20H22FN5O3S/c1-12-10-25(18-14(21)8-13(9-22-18)16(28)11-27)6-7-26(12)20(29)24-19-23-15-4-2-3-5-17(15)30-19/h2-5,8-9,12,16,27-28H,6-7,10-11H2,1H3,(H,23,24,29)/t12?,16-/m0/s1. The maximum atomic E-state index is 14.5. The fourth-order valence-corrected chi connectivity index (χ4v) is 4.36. The highest BCUT2D eigenvalue weighted by Gasteiger charge is 2.30. The number of anilines is 2. The first kappa shape index (κ1) is 20.5. The monoisotopic (exact) mass is 431 g/mol. The lowest BCUT2D eigenvalue weighted by Gasteiger charge is -2.40. The SMILES string of the molecule is CC1CN(c2ncc([C@@H](O)CO)cc2F)CCN1C(=O)Nc1nc2ccccc2s1. The quantitative estimate of drug-likeness (QED) is 0.587. The molecule has 1 unspecified atom stereocenters. The lowest BCUT2D eigenvalue weighted by atomic mass is 10.1. The molecule has 8 nitrogen and oxygen atoms in total. The van der Waals surface area contributed by atoms with E-state index >= 15 is 0 Å². The summed E-state index contributed by atoms with van der Waals surface area (Å²) in [4.78, 5) is 24.8. The fourth-order valence-electron chi connectivity index (χ4n) is 3.51. The molecule has 3 aromatic rings. The van der Waals surface area contributed by atoms with Gasteiger partial charge in [-0.15, -0.1) is 0 Å². The second-order valence-electron chi connectivity index (χ2n) is 7.18. The van der Waals surface area contributed by atoms with E-state index in [9.17, 15) is 14.3 Å². The van der Waals surface area contributed by atoms with Gasteiger partial charge in [0.05, 0.1) is 16.8 Å². The first-order valence-electron chi connectivity index (χ1n) is 9.58. The first-order chi connectivity index (χ1) is 14.5. The lowest BCUT2D eigenvalue weighted by Crippen LogP contribution is -2.55. The molecule has 1 saturated heterocycles. The van der Waals surface area contributed by atoms with Crippen LogP contribution in [0.4, 0.5) is 20.1 Å². The minimum absolute atomic E-state index is 0.168. The normalized spacial score (nSPS) is 17.9. The van der Waals surface area contributed by atoms with Crippen LogP contribution in [0.1, 0.15) is 18.6 Å². The Morgan fingerprint density at radius 1 is 1.40 bits per heavy atom. The number of urea groups is 1. The number of hydrogen-bond acceptors (Lipinski definition) is 7. The Bertz CT molecular complexity index is 1030. The van der Waals surface area contributed by atoms with Crippen LogP contribution in [0.2, 0.25) is 0 Å². The number of aliphatic hydroxyl groups is 2. The number of rotatable bonds is 4. The topological polar surface area (TPSA) is 102 Å². The number of thiazole rings is 1. The Labute approximate surface area is 176 Å². The Morgan fingerprint density at radius 2 is 2.20 bits per heavy atom. The summed E-state index contributed by atoms with van der Waals surface area (Å²) in [5, 5.41) is 22.0. The molecule has 1 aliphatic rings. The summed E-state index contributed by atoms with van der Waals surface area (Å²) in [5.74, 6) is -0.401. The van der Waals surface area contributed by atoms with Crippen LogP contribution in [0.15, 0.2) is 36.5 Å². The maximum absolute atomic E-state index is 14.5. The van der Waals surface area contributed by atoms with Crippen molar-refractivity contribution in [3.05, 3.63) is 47.9 Å². The molecule has 1 aliphatic heterocycles. The van der Waals surface area contributed by atoms with E-state index in [4.69, 9.17) is 5.11 Å². The summed E-state index contributed by atoms with van der Waals surface area (Å²) in [6, 6.07) is 8.45. The number of nitrogens with one attached hydrogen (secondary N) is 1. The number of amides is 2. The van der Waals surface area contributed by atoms with Crippen molar-refractivity contribution < 1.29 is 19.4 Å². The van der Waals surface area contributed by atoms with Gasteiger partial charge in [0.25, 0.3) is 0 Å². The number of pyridine rings is 1. The molecule has 4 rings (SSSR count). The van der Waals surface area contributed by atoms with Crippen molar-refractivity contribution in [3.8, 4) is 0 Å². The number of aromatic nitrogens is 2. The number of halogens is 1. The number of hydrogen-bond donors (Lipinski definition) is 3. The van der Waals surface area contributed by atoms with Crippen molar-refractivity contribution in [3.63, 3.8) is 0 Å². The second-order valence-corrected chi connectivity index (χ2v) is 8.21. The van der Waals surface area contributed by atoms with Gasteiger partial charge in [0.1, 0.15) is 6.10 Å². The van der Waals surface area contributed by atoms with Gasteiger partial charge in [-0.05, 0) is 25.1 Å². The molecular weight excluding hydrogens is 409 g/mol. The predicted molar refractivity (Wildman–Crippen MR) is 113 cm³/mol. The third kappa shape index (κ3) is 4.07. The number of piperazine rings is 1. The molecule has 0 radical (unpaired) electrons. The van der Waals surface area contributed by atoms with Gasteiger partial charge in [-0.1, -0.05) is 23.5 Å². The van der Waals surface area contributed by atoms with Crippen molar-refractivity contribution in [2.24, 2.45) is 0 Å². The number of benzene rings is 1. The van der Waals surface area contributed by atoms with E-state index in [-0.39, 0.29) is 23.5 Å². The highest BCUT2D eigenvalue weighted by Crippen LogP contribution is 2.27. The highest BCUT2D eigenvalue weighted by molar-refractivity contribution is 7.22. The largest absolute Gasteiger partial charge is 0.393 e. The second kappa shape index (κ2) is 8.50. The van der Waals surface area contributed by atoms with Crippen molar-refractivity contribution in [1.29, 1.82) is 0 Å². The molecular formula is C20H22FN5O3S. The molecule has 2 atom stereocenters. The summed E-state index contributed by atoms with van der Waals surface area (Å²) >= 11 is 1.42. The summed E-state index contributed by atoms with van der Waals surface area (Å²) < 4.78 is 15.5. The van der Waals surface area contributed by atoms with E-state index < -0.39 is 18.5 Å². The molecule has 30 heavy (non-hydrogen) atoms. The van der Waals surface area contributed by atoms with Crippen LogP contribution in [-0.2, 0) is 0 Å². The predicted octanol–water partition coefficient (Wildman–Crippen LogP) is 2.60. The van der Waals surface area contributed by atoms with Crippen molar-refractivity contribution in [1.82, 2.24) is 14.9 Å². The van der Waals surface area contributed by atoms with Gasteiger partial charge in [0, 0.05) is 37.4 Å². The number of carbonyl (C=O) groups is 1. The van der Waals surface area contributed by atoms with Gasteiger partial charge >= 0.3 is 6.03 Å². The van der Waals surface area contributed by atoms with E-state index in [2.05, 4.69) is 15.3 Å². The number of aliphatic hydroxyl groups excluding tert-OH is 2. The van der Waals surface area contributed by atoms with Gasteiger partial charge in [0.15, 0.2) is 16.8 Å². The highest BCUT2D eigenvalue weighted by atomic mass is 32.1. The molecule has 0 saturated carbocycles. The summed E-state index contributed by atoms with van der Waals surface area (Å²) in [6.45, 7) is 2.63. The van der Waals surface area contributed by atoms with E-state index in [1.165, 1.54) is 23.6 Å². The molecule has 3 heterocycles. The van der Waals surface area contributed by atoms with Gasteiger partial charge in [-0.2, -0.15) is 0 Å². The third-order valence-electron chi connectivity index (χ3n) is 5.10. The van der Waals surface area contributed by atoms with Crippen LogP contribution in [0.5, 0.6) is 0 Å². The van der Waals surface area contributed by atoms with Crippen molar-refractivity contribution >= 4 is 38.5 Å². The Kier molecular flexibility index (Phi) is 5.80. The minimum atomic E-state index is -1.16. The average Bonchev–Trinajstić information content (AvgIpc) is 3.15. The number of para-hydroxylation sites is 1. The molecule has 0 bridgehead atoms. The zero-order chi connectivity index (χ0) is 21.3. The lowest BCUT2D eigenvalue weighted by molar-refractivity contribution is 0.0951. The Morgan fingerprint density at radius 3 is 2.90 bits per heavy atom. The van der Waals surface area contributed by atoms with Gasteiger partial charge < -0.3 is 20.0 Å². The van der Waals surface area contributed by atoms with Gasteiger partial charge in [-0.3, -0.25) is 5.32 Å².